The predicted octanol–water partition coefficient (Wildman–Crippen LogP) is 3.79. The van der Waals surface area contributed by atoms with Gasteiger partial charge in [0, 0.05) is 6.04 Å². The maximum atomic E-state index is 13.4. The van der Waals surface area contributed by atoms with E-state index in [2.05, 4.69) is 10.6 Å². The lowest BCUT2D eigenvalue weighted by Crippen LogP contribution is -2.16. The first-order valence-electron chi connectivity index (χ1n) is 6.64. The third kappa shape index (κ3) is 5.74. The van der Waals surface area contributed by atoms with Gasteiger partial charge in [-0.3, -0.25) is 4.79 Å². The van der Waals surface area contributed by atoms with E-state index >= 15 is 0 Å². The van der Waals surface area contributed by atoms with E-state index in [9.17, 15) is 9.18 Å². The molecule has 1 aromatic carbocycles. The van der Waals surface area contributed by atoms with E-state index in [1.165, 1.54) is 18.4 Å². The summed E-state index contributed by atoms with van der Waals surface area (Å²) in [6.07, 6.45) is 1.33. The molecule has 1 amide bonds. The summed E-state index contributed by atoms with van der Waals surface area (Å²) in [6.45, 7) is 4.13. The predicted molar refractivity (Wildman–Crippen MR) is 94.2 cm³/mol. The minimum Gasteiger partial charge on any atom is -0.467 e. The first-order valence-corrected chi connectivity index (χ1v) is 6.64. The summed E-state index contributed by atoms with van der Waals surface area (Å²) >= 11 is 0. The summed E-state index contributed by atoms with van der Waals surface area (Å²) in [7, 11) is 0. The molecule has 0 unspecified atom stereocenters. The van der Waals surface area contributed by atoms with Crippen LogP contribution in [0.5, 0.6) is 0 Å². The molecule has 0 radical (unpaired) electrons. The second-order valence-corrected chi connectivity index (χ2v) is 4.95. The Labute approximate surface area is 146 Å². The lowest BCUT2D eigenvalue weighted by molar-refractivity contribution is 0.102. The zero-order chi connectivity index (χ0) is 15.4. The number of carbonyl (C=O) groups is 1. The summed E-state index contributed by atoms with van der Waals surface area (Å²) in [5.41, 5.74) is 6.81. The minimum absolute atomic E-state index is 0. The van der Waals surface area contributed by atoms with Crippen molar-refractivity contribution in [1.29, 1.82) is 0 Å². The highest BCUT2D eigenvalue weighted by atomic mass is 35.5. The van der Waals surface area contributed by atoms with Crippen LogP contribution in [-0.2, 0) is 6.54 Å². The van der Waals surface area contributed by atoms with Crippen LogP contribution in [0.15, 0.2) is 34.9 Å². The molecule has 0 aliphatic rings. The molecule has 0 aliphatic carbocycles. The molecule has 128 valence electrons. The number of hydrogen-bond acceptors (Lipinski definition) is 4. The van der Waals surface area contributed by atoms with Gasteiger partial charge >= 0.3 is 0 Å². The van der Waals surface area contributed by atoms with Crippen molar-refractivity contribution in [2.75, 3.05) is 10.6 Å². The van der Waals surface area contributed by atoms with Crippen LogP contribution < -0.4 is 16.4 Å². The standard InChI is InChI=1S/C15H18FN3O2.2ClH/c1-9(2)18-13-4-3-11(16)6-14(13)19-15(20)10-5-12(7-17)21-8-10;;/h3-6,8-9,18H,7,17H2,1-2H3,(H,19,20);2*1H. The molecule has 0 saturated carbocycles. The van der Waals surface area contributed by atoms with E-state index in [0.717, 1.165) is 0 Å². The van der Waals surface area contributed by atoms with Gasteiger partial charge in [0.05, 0.1) is 23.5 Å². The van der Waals surface area contributed by atoms with Crippen LogP contribution in [0.1, 0.15) is 30.0 Å². The normalized spacial score (nSPS) is 9.78. The number of nitrogens with two attached hydrogens (primary N) is 1. The number of carbonyl (C=O) groups excluding carboxylic acids is 1. The Bertz CT molecular complexity index is 647. The Balaban J connectivity index is 0.00000242. The third-order valence-corrected chi connectivity index (χ3v) is 2.79. The number of furan rings is 1. The van der Waals surface area contributed by atoms with Gasteiger partial charge in [-0.25, -0.2) is 4.39 Å². The summed E-state index contributed by atoms with van der Waals surface area (Å²) < 4.78 is 18.5. The van der Waals surface area contributed by atoms with Crippen molar-refractivity contribution in [1.82, 2.24) is 0 Å². The van der Waals surface area contributed by atoms with Crippen LogP contribution >= 0.6 is 24.8 Å². The summed E-state index contributed by atoms with van der Waals surface area (Å²) in [6, 6.07) is 5.91. The largest absolute Gasteiger partial charge is 0.467 e. The molecule has 2 rings (SSSR count). The third-order valence-electron chi connectivity index (χ3n) is 2.79. The van der Waals surface area contributed by atoms with Gasteiger partial charge in [0.1, 0.15) is 17.8 Å². The van der Waals surface area contributed by atoms with Crippen molar-refractivity contribution in [3.8, 4) is 0 Å². The highest BCUT2D eigenvalue weighted by Gasteiger charge is 2.13. The number of hydrogen-bond donors (Lipinski definition) is 3. The lowest BCUT2D eigenvalue weighted by atomic mass is 10.2. The van der Waals surface area contributed by atoms with Crippen molar-refractivity contribution in [2.45, 2.75) is 26.4 Å². The van der Waals surface area contributed by atoms with Crippen LogP contribution in [0.4, 0.5) is 15.8 Å². The molecule has 0 fully saturated rings. The number of nitrogens with one attached hydrogen (secondary N) is 2. The molecule has 2 aromatic rings. The Kier molecular flexibility index (Phi) is 8.68. The fourth-order valence-corrected chi connectivity index (χ4v) is 1.86. The Morgan fingerprint density at radius 2 is 1.96 bits per heavy atom. The number of amides is 1. The minimum atomic E-state index is -0.422. The van der Waals surface area contributed by atoms with Crippen LogP contribution in [0.2, 0.25) is 0 Å². The van der Waals surface area contributed by atoms with Crippen molar-refractivity contribution >= 4 is 42.1 Å². The van der Waals surface area contributed by atoms with Crippen LogP contribution in [0, 0.1) is 5.82 Å². The van der Waals surface area contributed by atoms with Crippen molar-refractivity contribution in [3.63, 3.8) is 0 Å². The zero-order valence-electron chi connectivity index (χ0n) is 12.8. The van der Waals surface area contributed by atoms with Crippen LogP contribution in [0.25, 0.3) is 0 Å². The summed E-state index contributed by atoms with van der Waals surface area (Å²) in [5, 5.41) is 5.82. The second-order valence-electron chi connectivity index (χ2n) is 4.95. The maximum absolute atomic E-state index is 13.4. The quantitative estimate of drug-likeness (QED) is 0.754. The molecular formula is C15H20Cl2FN3O2. The first-order chi connectivity index (χ1) is 9.99. The fourth-order valence-electron chi connectivity index (χ4n) is 1.86. The first kappa shape index (κ1) is 21.2. The maximum Gasteiger partial charge on any atom is 0.258 e. The molecule has 0 aliphatic heterocycles. The topological polar surface area (TPSA) is 80.3 Å². The molecule has 1 aromatic heterocycles. The van der Waals surface area contributed by atoms with Crippen LogP contribution in [-0.4, -0.2) is 11.9 Å². The second kappa shape index (κ2) is 9.39. The van der Waals surface area contributed by atoms with Gasteiger partial charge in [-0.15, -0.1) is 24.8 Å². The van der Waals surface area contributed by atoms with Gasteiger partial charge in [0.2, 0.25) is 0 Å². The SMILES string of the molecule is CC(C)Nc1ccc(F)cc1NC(=O)c1coc(CN)c1.Cl.Cl. The Morgan fingerprint density at radius 3 is 2.52 bits per heavy atom. The number of benzene rings is 1. The summed E-state index contributed by atoms with van der Waals surface area (Å²) in [4.78, 5) is 12.1. The molecule has 1 heterocycles. The van der Waals surface area contributed by atoms with Gasteiger partial charge in [-0.1, -0.05) is 0 Å². The zero-order valence-corrected chi connectivity index (χ0v) is 14.4. The highest BCUT2D eigenvalue weighted by molar-refractivity contribution is 6.05. The molecule has 4 N–H and O–H groups in total. The van der Waals surface area contributed by atoms with E-state index in [0.29, 0.717) is 22.7 Å². The summed E-state index contributed by atoms with van der Waals surface area (Å²) in [5.74, 6) is -0.287. The van der Waals surface area contributed by atoms with E-state index in [-0.39, 0.29) is 43.3 Å². The molecule has 0 bridgehead atoms. The average Bonchev–Trinajstić information content (AvgIpc) is 2.90. The molecule has 23 heavy (non-hydrogen) atoms. The monoisotopic (exact) mass is 363 g/mol. The molecular weight excluding hydrogens is 344 g/mol. The average molecular weight is 364 g/mol. The van der Waals surface area contributed by atoms with E-state index < -0.39 is 5.82 Å². The Morgan fingerprint density at radius 1 is 1.26 bits per heavy atom. The molecule has 0 spiro atoms. The molecule has 5 nitrogen and oxygen atoms in total. The highest BCUT2D eigenvalue weighted by Crippen LogP contribution is 2.24. The van der Waals surface area contributed by atoms with E-state index in [1.54, 1.807) is 12.1 Å². The van der Waals surface area contributed by atoms with Crippen LogP contribution in [0.3, 0.4) is 0 Å². The van der Waals surface area contributed by atoms with Gasteiger partial charge in [0.15, 0.2) is 0 Å². The fraction of sp³-hybridized carbons (Fsp3) is 0.267. The van der Waals surface area contributed by atoms with Gasteiger partial charge < -0.3 is 20.8 Å². The lowest BCUT2D eigenvalue weighted by Gasteiger charge is -2.15. The van der Waals surface area contributed by atoms with Gasteiger partial charge in [-0.05, 0) is 38.1 Å². The van der Waals surface area contributed by atoms with Crippen molar-refractivity contribution < 1.29 is 13.6 Å². The number of rotatable bonds is 5. The number of anilines is 2. The molecule has 0 saturated heterocycles. The van der Waals surface area contributed by atoms with Crippen molar-refractivity contribution in [3.05, 3.63) is 47.7 Å². The van der Waals surface area contributed by atoms with Gasteiger partial charge in [0.25, 0.3) is 5.91 Å². The molecule has 8 heteroatoms. The van der Waals surface area contributed by atoms with Crippen molar-refractivity contribution in [2.24, 2.45) is 5.73 Å². The van der Waals surface area contributed by atoms with Gasteiger partial charge in [-0.2, -0.15) is 0 Å². The molecule has 0 atom stereocenters. The van der Waals surface area contributed by atoms with E-state index in [4.69, 9.17) is 10.2 Å². The Hall–Kier alpha value is -1.76. The number of halogens is 3. The smallest absolute Gasteiger partial charge is 0.258 e. The van der Waals surface area contributed by atoms with E-state index in [1.807, 2.05) is 13.8 Å².